The highest BCUT2D eigenvalue weighted by atomic mass is 16.5. The van der Waals surface area contributed by atoms with E-state index in [4.69, 9.17) is 9.84 Å². The van der Waals surface area contributed by atoms with Crippen LogP contribution in [0.5, 0.6) is 5.75 Å². The lowest BCUT2D eigenvalue weighted by Crippen LogP contribution is -2.15. The van der Waals surface area contributed by atoms with Gasteiger partial charge in [-0.1, -0.05) is 55.1 Å². The molecule has 2 heteroatoms. The van der Waals surface area contributed by atoms with Crippen LogP contribution in [-0.4, -0.2) is 10.7 Å². The lowest BCUT2D eigenvalue weighted by atomic mass is 10.2. The standard InChI is InChI=1S/C12H16O.C8H8O/c1-12(2,3)13-10-9-11-7-5-4-6-8-11;1-2-7-3-5-8(9)6-4-7/h4-10H,1-3H3;2-6,9H,1H2. The summed E-state index contributed by atoms with van der Waals surface area (Å²) in [5.41, 5.74) is 2.07. The number of phenols is 1. The largest absolute Gasteiger partial charge is 0.508 e. The van der Waals surface area contributed by atoms with Crippen LogP contribution >= 0.6 is 0 Å². The van der Waals surface area contributed by atoms with Crippen molar-refractivity contribution in [1.82, 2.24) is 0 Å². The molecule has 0 aliphatic rings. The van der Waals surface area contributed by atoms with E-state index in [0.717, 1.165) is 11.1 Å². The molecule has 0 radical (unpaired) electrons. The molecule has 2 aromatic carbocycles. The van der Waals surface area contributed by atoms with Crippen molar-refractivity contribution in [2.45, 2.75) is 26.4 Å². The van der Waals surface area contributed by atoms with Gasteiger partial charge in [-0.3, -0.25) is 0 Å². The maximum Gasteiger partial charge on any atom is 0.115 e. The third-order valence-electron chi connectivity index (χ3n) is 2.61. The van der Waals surface area contributed by atoms with Crippen molar-refractivity contribution >= 4 is 12.2 Å². The first-order chi connectivity index (χ1) is 10.4. The molecule has 0 aliphatic carbocycles. The second-order valence-electron chi connectivity index (χ2n) is 5.74. The van der Waals surface area contributed by atoms with E-state index in [1.165, 1.54) is 0 Å². The first kappa shape index (κ1) is 17.6. The van der Waals surface area contributed by atoms with Crippen molar-refractivity contribution in [2.24, 2.45) is 0 Å². The Kier molecular flexibility index (Phi) is 6.97. The zero-order valence-corrected chi connectivity index (χ0v) is 13.5. The fraction of sp³-hybridized carbons (Fsp3) is 0.200. The van der Waals surface area contributed by atoms with Gasteiger partial charge in [-0.2, -0.15) is 0 Å². The van der Waals surface area contributed by atoms with Gasteiger partial charge in [0.2, 0.25) is 0 Å². The van der Waals surface area contributed by atoms with E-state index in [0.29, 0.717) is 5.75 Å². The Morgan fingerprint density at radius 1 is 0.909 bits per heavy atom. The number of benzene rings is 2. The Morgan fingerprint density at radius 2 is 1.50 bits per heavy atom. The fourth-order valence-corrected chi connectivity index (χ4v) is 1.49. The van der Waals surface area contributed by atoms with Gasteiger partial charge in [-0.05, 0) is 50.1 Å². The Morgan fingerprint density at radius 3 is 2.00 bits per heavy atom. The lowest BCUT2D eigenvalue weighted by molar-refractivity contribution is 0.0783. The second-order valence-corrected chi connectivity index (χ2v) is 5.74. The molecule has 0 saturated carbocycles. The summed E-state index contributed by atoms with van der Waals surface area (Å²) in [6.07, 6.45) is 5.44. The Labute approximate surface area is 133 Å². The average Bonchev–Trinajstić information content (AvgIpc) is 2.48. The quantitative estimate of drug-likeness (QED) is 0.757. The number of hydrogen-bond acceptors (Lipinski definition) is 2. The smallest absolute Gasteiger partial charge is 0.115 e. The van der Waals surface area contributed by atoms with Gasteiger partial charge in [0, 0.05) is 0 Å². The van der Waals surface area contributed by atoms with E-state index in [2.05, 4.69) is 6.58 Å². The van der Waals surface area contributed by atoms with Gasteiger partial charge in [0.1, 0.15) is 5.75 Å². The van der Waals surface area contributed by atoms with Crippen LogP contribution in [0.1, 0.15) is 31.9 Å². The first-order valence-corrected chi connectivity index (χ1v) is 7.21. The van der Waals surface area contributed by atoms with Crippen LogP contribution in [0, 0.1) is 0 Å². The summed E-state index contributed by atoms with van der Waals surface area (Å²) >= 11 is 0. The van der Waals surface area contributed by atoms with Gasteiger partial charge in [0.15, 0.2) is 0 Å². The third-order valence-corrected chi connectivity index (χ3v) is 2.61. The van der Waals surface area contributed by atoms with Gasteiger partial charge in [0.25, 0.3) is 0 Å². The van der Waals surface area contributed by atoms with Gasteiger partial charge in [-0.25, -0.2) is 0 Å². The molecule has 0 amide bonds. The molecular weight excluding hydrogens is 272 g/mol. The molecule has 2 aromatic rings. The molecule has 0 unspecified atom stereocenters. The SMILES string of the molecule is C=Cc1ccc(O)cc1.CC(C)(C)OC=Cc1ccccc1. The van der Waals surface area contributed by atoms with Crippen LogP contribution in [0.25, 0.3) is 12.2 Å². The van der Waals surface area contributed by atoms with Crippen LogP contribution in [0.3, 0.4) is 0 Å². The van der Waals surface area contributed by atoms with E-state index < -0.39 is 0 Å². The summed E-state index contributed by atoms with van der Waals surface area (Å²) < 4.78 is 5.45. The van der Waals surface area contributed by atoms with Gasteiger partial charge in [-0.15, -0.1) is 0 Å². The zero-order valence-electron chi connectivity index (χ0n) is 13.5. The van der Waals surface area contributed by atoms with Crippen molar-refractivity contribution in [1.29, 1.82) is 0 Å². The molecule has 0 fully saturated rings. The highest BCUT2D eigenvalue weighted by Crippen LogP contribution is 2.10. The molecule has 2 nitrogen and oxygen atoms in total. The molecule has 0 heterocycles. The molecule has 0 atom stereocenters. The Balaban J connectivity index is 0.000000235. The van der Waals surface area contributed by atoms with Crippen molar-refractivity contribution in [3.8, 4) is 5.75 Å². The Bertz CT molecular complexity index is 575. The minimum absolute atomic E-state index is 0.106. The monoisotopic (exact) mass is 296 g/mol. The maximum atomic E-state index is 8.82. The molecular formula is C20H24O2. The minimum Gasteiger partial charge on any atom is -0.508 e. The molecule has 0 aromatic heterocycles. The summed E-state index contributed by atoms with van der Waals surface area (Å²) in [6.45, 7) is 9.67. The van der Waals surface area contributed by atoms with E-state index >= 15 is 0 Å². The number of aromatic hydroxyl groups is 1. The molecule has 22 heavy (non-hydrogen) atoms. The van der Waals surface area contributed by atoms with Crippen LogP contribution in [0.4, 0.5) is 0 Å². The van der Waals surface area contributed by atoms with Crippen molar-refractivity contribution in [3.05, 3.63) is 78.6 Å². The predicted octanol–water partition coefficient (Wildman–Crippen LogP) is 5.51. The molecule has 0 bridgehead atoms. The van der Waals surface area contributed by atoms with E-state index in [-0.39, 0.29) is 5.60 Å². The van der Waals surface area contributed by atoms with Crippen molar-refractivity contribution in [3.63, 3.8) is 0 Å². The number of ether oxygens (including phenoxy) is 1. The van der Waals surface area contributed by atoms with Crippen LogP contribution in [0.2, 0.25) is 0 Å². The van der Waals surface area contributed by atoms with Gasteiger partial charge < -0.3 is 9.84 Å². The van der Waals surface area contributed by atoms with E-state index in [1.54, 1.807) is 24.5 Å². The molecule has 0 saturated heterocycles. The van der Waals surface area contributed by atoms with Crippen LogP contribution < -0.4 is 0 Å². The minimum atomic E-state index is -0.106. The lowest BCUT2D eigenvalue weighted by Gasteiger charge is -2.17. The summed E-state index contributed by atoms with van der Waals surface area (Å²) in [5.74, 6) is 0.292. The molecule has 116 valence electrons. The summed E-state index contributed by atoms with van der Waals surface area (Å²) in [4.78, 5) is 0. The molecule has 0 spiro atoms. The van der Waals surface area contributed by atoms with Crippen LogP contribution in [-0.2, 0) is 4.74 Å². The number of phenolic OH excluding ortho intramolecular Hbond substituents is 1. The van der Waals surface area contributed by atoms with Crippen molar-refractivity contribution in [2.75, 3.05) is 0 Å². The average molecular weight is 296 g/mol. The summed E-state index contributed by atoms with van der Waals surface area (Å²) in [6, 6.07) is 17.0. The Hall–Kier alpha value is -2.48. The highest BCUT2D eigenvalue weighted by molar-refractivity contribution is 5.48. The van der Waals surface area contributed by atoms with E-state index in [1.807, 2.05) is 69.3 Å². The third kappa shape index (κ3) is 7.95. The fourth-order valence-electron chi connectivity index (χ4n) is 1.49. The summed E-state index contributed by atoms with van der Waals surface area (Å²) in [7, 11) is 0. The van der Waals surface area contributed by atoms with Gasteiger partial charge in [0.05, 0.1) is 11.9 Å². The highest BCUT2D eigenvalue weighted by Gasteiger charge is 2.06. The maximum absolute atomic E-state index is 8.82. The number of hydrogen-bond donors (Lipinski definition) is 1. The molecule has 0 aliphatic heterocycles. The molecule has 2 rings (SSSR count). The van der Waals surface area contributed by atoms with Gasteiger partial charge >= 0.3 is 0 Å². The summed E-state index contributed by atoms with van der Waals surface area (Å²) in [5, 5.41) is 8.82. The topological polar surface area (TPSA) is 29.5 Å². The van der Waals surface area contributed by atoms with Crippen molar-refractivity contribution < 1.29 is 9.84 Å². The zero-order chi connectivity index (χ0) is 16.4. The first-order valence-electron chi connectivity index (χ1n) is 7.21. The van der Waals surface area contributed by atoms with E-state index in [9.17, 15) is 0 Å². The molecule has 1 N–H and O–H groups in total. The normalized spacial score (nSPS) is 10.7. The number of rotatable bonds is 3. The second kappa shape index (κ2) is 8.73. The van der Waals surface area contributed by atoms with Crippen LogP contribution in [0.15, 0.2) is 67.4 Å². The predicted molar refractivity (Wildman–Crippen MR) is 94.5 cm³/mol.